The second-order valence-electron chi connectivity index (χ2n) is 3.74. The van der Waals surface area contributed by atoms with Gasteiger partial charge in [0.1, 0.15) is 0 Å². The van der Waals surface area contributed by atoms with Crippen LogP contribution in [-0.2, 0) is 14.4 Å². The highest BCUT2D eigenvalue weighted by Gasteiger charge is 1.85. The Morgan fingerprint density at radius 3 is 1.00 bits per heavy atom. The lowest BCUT2D eigenvalue weighted by atomic mass is 10.1. The summed E-state index contributed by atoms with van der Waals surface area (Å²) in [6.07, 6.45) is 2.71. The maximum atomic E-state index is 9.00. The van der Waals surface area contributed by atoms with Gasteiger partial charge < -0.3 is 15.3 Å². The van der Waals surface area contributed by atoms with E-state index in [1.165, 1.54) is 12.8 Å². The number of carbonyl (C=O) groups is 3. The average molecular weight is 266 g/mol. The highest BCUT2D eigenvalue weighted by atomic mass is 16.4. The van der Waals surface area contributed by atoms with Crippen molar-refractivity contribution in [2.75, 3.05) is 0 Å². The van der Waals surface area contributed by atoms with E-state index in [1.54, 1.807) is 0 Å². The summed E-state index contributed by atoms with van der Waals surface area (Å²) in [5, 5.41) is 22.2. The van der Waals surface area contributed by atoms with Crippen LogP contribution >= 0.6 is 0 Å². The quantitative estimate of drug-likeness (QED) is 0.708. The lowest BCUT2D eigenvalue weighted by Gasteiger charge is -1.95. The van der Waals surface area contributed by atoms with E-state index >= 15 is 0 Å². The Morgan fingerprint density at radius 1 is 0.833 bits per heavy atom. The number of hydrogen-bond donors (Lipinski definition) is 3. The first-order chi connectivity index (χ1) is 7.97. The topological polar surface area (TPSA) is 112 Å². The molecule has 0 aromatic rings. The number of carboxylic acid groups (broad SMARTS) is 3. The van der Waals surface area contributed by atoms with Gasteiger partial charge in [-0.05, 0) is 5.92 Å². The molecule has 0 saturated carbocycles. The van der Waals surface area contributed by atoms with Gasteiger partial charge in [0.2, 0.25) is 0 Å². The predicted molar refractivity (Wildman–Crippen MR) is 69.7 cm³/mol. The van der Waals surface area contributed by atoms with Gasteiger partial charge in [0.25, 0.3) is 17.9 Å². The van der Waals surface area contributed by atoms with Gasteiger partial charge in [-0.15, -0.1) is 0 Å². The van der Waals surface area contributed by atoms with Gasteiger partial charge in [-0.2, -0.15) is 0 Å². The molecular formula is C12H26O6. The Morgan fingerprint density at radius 2 is 1.00 bits per heavy atom. The molecule has 0 atom stereocenters. The molecule has 0 aliphatic carbocycles. The predicted octanol–water partition coefficient (Wildman–Crippen LogP) is 2.72. The molecule has 0 bridgehead atoms. The number of hydrogen-bond acceptors (Lipinski definition) is 3. The van der Waals surface area contributed by atoms with Crippen molar-refractivity contribution < 1.29 is 29.7 Å². The SMILES string of the molecule is CC(=O)O.CC(=O)O.CC(=O)O.CCCC(C)C. The van der Waals surface area contributed by atoms with Crippen molar-refractivity contribution in [3.05, 3.63) is 0 Å². The second kappa shape index (κ2) is 20.8. The van der Waals surface area contributed by atoms with Gasteiger partial charge >= 0.3 is 0 Å². The first-order valence-electron chi connectivity index (χ1n) is 5.55. The molecule has 3 N–H and O–H groups in total. The fourth-order valence-corrected chi connectivity index (χ4v) is 0.577. The molecule has 0 saturated heterocycles. The fraction of sp³-hybridized carbons (Fsp3) is 0.750. The van der Waals surface area contributed by atoms with Crippen LogP contribution in [0.25, 0.3) is 0 Å². The van der Waals surface area contributed by atoms with Crippen LogP contribution < -0.4 is 0 Å². The molecular weight excluding hydrogens is 240 g/mol. The van der Waals surface area contributed by atoms with E-state index in [1.807, 2.05) is 0 Å². The van der Waals surface area contributed by atoms with Crippen LogP contribution in [-0.4, -0.2) is 33.2 Å². The van der Waals surface area contributed by atoms with Gasteiger partial charge in [0, 0.05) is 20.8 Å². The second-order valence-corrected chi connectivity index (χ2v) is 3.74. The Hall–Kier alpha value is -1.59. The lowest BCUT2D eigenvalue weighted by molar-refractivity contribution is -0.135. The molecule has 0 radical (unpaired) electrons. The zero-order valence-electron chi connectivity index (χ0n) is 12.1. The molecule has 0 rings (SSSR count). The highest BCUT2D eigenvalue weighted by molar-refractivity contribution is 5.63. The van der Waals surface area contributed by atoms with Gasteiger partial charge in [-0.3, -0.25) is 14.4 Å². The molecule has 18 heavy (non-hydrogen) atoms. The molecule has 0 fully saturated rings. The molecule has 6 nitrogen and oxygen atoms in total. The third-order valence-electron chi connectivity index (χ3n) is 0.866. The summed E-state index contributed by atoms with van der Waals surface area (Å²) >= 11 is 0. The molecule has 0 aliphatic rings. The third kappa shape index (κ3) is 1300. The van der Waals surface area contributed by atoms with Crippen LogP contribution in [0.3, 0.4) is 0 Å². The van der Waals surface area contributed by atoms with Crippen LogP contribution in [0.5, 0.6) is 0 Å². The molecule has 110 valence electrons. The van der Waals surface area contributed by atoms with Gasteiger partial charge in [-0.1, -0.05) is 33.6 Å². The standard InChI is InChI=1S/C6H14.3C2H4O2/c1-4-5-6(2)3;3*1-2(3)4/h6H,4-5H2,1-3H3;3*1H3,(H,3,4). The summed E-state index contributed by atoms with van der Waals surface area (Å²) in [4.78, 5) is 27.0. The summed E-state index contributed by atoms with van der Waals surface area (Å²) in [5.41, 5.74) is 0. The first kappa shape index (κ1) is 25.3. The first-order valence-corrected chi connectivity index (χ1v) is 5.55. The van der Waals surface area contributed by atoms with Crippen molar-refractivity contribution in [2.45, 2.75) is 54.4 Å². The summed E-state index contributed by atoms with van der Waals surface area (Å²) in [6, 6.07) is 0. The van der Waals surface area contributed by atoms with E-state index in [9.17, 15) is 0 Å². The minimum atomic E-state index is -0.833. The van der Waals surface area contributed by atoms with E-state index in [4.69, 9.17) is 29.7 Å². The van der Waals surface area contributed by atoms with Crippen LogP contribution in [0.15, 0.2) is 0 Å². The lowest BCUT2D eigenvalue weighted by Crippen LogP contribution is -1.81. The smallest absolute Gasteiger partial charge is 0.300 e. The Bertz CT molecular complexity index is 170. The normalized spacial score (nSPS) is 7.50. The van der Waals surface area contributed by atoms with Crippen molar-refractivity contribution in [3.63, 3.8) is 0 Å². The average Bonchev–Trinajstić information content (AvgIpc) is 1.98. The number of carboxylic acids is 3. The van der Waals surface area contributed by atoms with E-state index in [-0.39, 0.29) is 0 Å². The summed E-state index contributed by atoms with van der Waals surface area (Å²) < 4.78 is 0. The monoisotopic (exact) mass is 266 g/mol. The minimum Gasteiger partial charge on any atom is -0.481 e. The summed E-state index contributed by atoms with van der Waals surface area (Å²) in [7, 11) is 0. The van der Waals surface area contributed by atoms with E-state index in [0.29, 0.717) is 0 Å². The number of rotatable bonds is 2. The molecule has 0 aromatic heterocycles. The maximum absolute atomic E-state index is 9.00. The molecule has 0 spiro atoms. The van der Waals surface area contributed by atoms with Crippen molar-refractivity contribution in [2.24, 2.45) is 5.92 Å². The van der Waals surface area contributed by atoms with Crippen LogP contribution in [0.2, 0.25) is 0 Å². The molecule has 0 heterocycles. The summed E-state index contributed by atoms with van der Waals surface area (Å²) in [6.45, 7) is 9.98. The van der Waals surface area contributed by atoms with E-state index < -0.39 is 17.9 Å². The zero-order chi connectivity index (χ0) is 15.7. The molecule has 0 amide bonds. The minimum absolute atomic E-state index is 0.833. The van der Waals surface area contributed by atoms with E-state index in [0.717, 1.165) is 26.7 Å². The van der Waals surface area contributed by atoms with Crippen LogP contribution in [0.1, 0.15) is 54.4 Å². The molecule has 0 aliphatic heterocycles. The maximum Gasteiger partial charge on any atom is 0.300 e. The zero-order valence-corrected chi connectivity index (χ0v) is 12.1. The number of aliphatic carboxylic acids is 3. The Kier molecular flexibility index (Phi) is 29.2. The molecule has 0 aromatic carbocycles. The highest BCUT2D eigenvalue weighted by Crippen LogP contribution is 2.00. The third-order valence-corrected chi connectivity index (χ3v) is 0.866. The van der Waals surface area contributed by atoms with Crippen molar-refractivity contribution in [1.29, 1.82) is 0 Å². The molecule has 6 heteroatoms. The van der Waals surface area contributed by atoms with Crippen molar-refractivity contribution in [1.82, 2.24) is 0 Å². The van der Waals surface area contributed by atoms with Gasteiger partial charge in [-0.25, -0.2) is 0 Å². The van der Waals surface area contributed by atoms with Crippen molar-refractivity contribution in [3.8, 4) is 0 Å². The Balaban J connectivity index is -0.0000000742. The fourth-order valence-electron chi connectivity index (χ4n) is 0.577. The summed E-state index contributed by atoms with van der Waals surface area (Å²) in [5.74, 6) is -1.60. The van der Waals surface area contributed by atoms with Crippen LogP contribution in [0.4, 0.5) is 0 Å². The largest absolute Gasteiger partial charge is 0.481 e. The van der Waals surface area contributed by atoms with Gasteiger partial charge in [0.05, 0.1) is 0 Å². The van der Waals surface area contributed by atoms with Gasteiger partial charge in [0.15, 0.2) is 0 Å². The molecule has 0 unspecified atom stereocenters. The Labute approximate surface area is 109 Å². The van der Waals surface area contributed by atoms with E-state index in [2.05, 4.69) is 20.8 Å². The van der Waals surface area contributed by atoms with Crippen molar-refractivity contribution >= 4 is 17.9 Å². The van der Waals surface area contributed by atoms with Crippen LogP contribution in [0, 0.1) is 5.92 Å².